The lowest BCUT2D eigenvalue weighted by Gasteiger charge is -2.61. The van der Waals surface area contributed by atoms with Crippen LogP contribution < -0.4 is 5.32 Å². The van der Waals surface area contributed by atoms with Crippen LogP contribution in [0.5, 0.6) is 0 Å². The summed E-state index contributed by atoms with van der Waals surface area (Å²) in [5, 5.41) is 3.39. The number of benzene rings is 1. The molecule has 0 radical (unpaired) electrons. The molecule has 0 bridgehead atoms. The summed E-state index contributed by atoms with van der Waals surface area (Å²) in [5.41, 5.74) is 3.45. The zero-order chi connectivity index (χ0) is 21.7. The SMILES string of the molecule is Cc1cccc(C)c1NC(=O)[C@]1(C)CCC[C@@]2(C)[C@H]1CCC1CC(C(C)C)CC[C@@H]12. The Morgan fingerprint density at radius 2 is 1.73 bits per heavy atom. The Morgan fingerprint density at radius 1 is 1.03 bits per heavy atom. The average molecular weight is 410 g/mol. The van der Waals surface area contributed by atoms with E-state index in [1.165, 1.54) is 56.1 Å². The molecule has 3 aliphatic carbocycles. The Labute approximate surface area is 184 Å². The van der Waals surface area contributed by atoms with Crippen LogP contribution in [0.25, 0.3) is 0 Å². The second-order valence-corrected chi connectivity index (χ2v) is 11.8. The maximum atomic E-state index is 13.8. The second-order valence-electron chi connectivity index (χ2n) is 11.8. The highest BCUT2D eigenvalue weighted by Gasteiger charge is 2.59. The predicted octanol–water partition coefficient (Wildman–Crippen LogP) is 7.54. The van der Waals surface area contributed by atoms with Gasteiger partial charge in [0.25, 0.3) is 0 Å². The lowest BCUT2D eigenvalue weighted by molar-refractivity contribution is -0.152. The third kappa shape index (κ3) is 3.53. The molecule has 2 nitrogen and oxygen atoms in total. The molecule has 0 heterocycles. The first-order valence-electron chi connectivity index (χ1n) is 12.5. The Kier molecular flexibility index (Phi) is 5.83. The van der Waals surface area contributed by atoms with Gasteiger partial charge in [0.15, 0.2) is 0 Å². The molecule has 0 aromatic heterocycles. The van der Waals surface area contributed by atoms with E-state index >= 15 is 0 Å². The number of amides is 1. The highest BCUT2D eigenvalue weighted by atomic mass is 16.2. The van der Waals surface area contributed by atoms with Gasteiger partial charge in [0, 0.05) is 5.69 Å². The van der Waals surface area contributed by atoms with Crippen LogP contribution >= 0.6 is 0 Å². The maximum absolute atomic E-state index is 13.8. The van der Waals surface area contributed by atoms with Crippen molar-refractivity contribution < 1.29 is 4.79 Å². The van der Waals surface area contributed by atoms with Crippen LogP contribution in [-0.4, -0.2) is 5.91 Å². The van der Waals surface area contributed by atoms with Crippen molar-refractivity contribution in [3.05, 3.63) is 29.3 Å². The zero-order valence-electron chi connectivity index (χ0n) is 20.2. The molecule has 0 spiro atoms. The van der Waals surface area contributed by atoms with E-state index < -0.39 is 0 Å². The van der Waals surface area contributed by atoms with E-state index in [-0.39, 0.29) is 11.3 Å². The number of hydrogen-bond donors (Lipinski definition) is 1. The van der Waals surface area contributed by atoms with Gasteiger partial charge in [0.1, 0.15) is 0 Å². The molecule has 3 aliphatic rings. The molecule has 0 aliphatic heterocycles. The molecule has 30 heavy (non-hydrogen) atoms. The van der Waals surface area contributed by atoms with Gasteiger partial charge in [-0.25, -0.2) is 0 Å². The Morgan fingerprint density at radius 3 is 2.40 bits per heavy atom. The van der Waals surface area contributed by atoms with Gasteiger partial charge < -0.3 is 5.32 Å². The van der Waals surface area contributed by atoms with Crippen LogP contribution in [0, 0.1) is 54.3 Å². The standard InChI is InChI=1S/C28H43NO/c1-18(2)21-11-13-23-22(17-21)12-14-24-27(23,5)15-8-16-28(24,6)26(30)29-25-19(3)9-7-10-20(25)4/h7,9-10,18,21-24H,8,11-17H2,1-6H3,(H,29,30)/t21?,22?,23-,24+,27+,28+/m0/s1. The van der Waals surface area contributed by atoms with Crippen LogP contribution in [0.4, 0.5) is 5.69 Å². The van der Waals surface area contributed by atoms with Crippen molar-refractivity contribution in [2.75, 3.05) is 5.32 Å². The van der Waals surface area contributed by atoms with E-state index in [0.717, 1.165) is 35.8 Å². The van der Waals surface area contributed by atoms with E-state index in [2.05, 4.69) is 65.1 Å². The van der Waals surface area contributed by atoms with Crippen molar-refractivity contribution in [3.63, 3.8) is 0 Å². The third-order valence-electron chi connectivity index (χ3n) is 9.85. The van der Waals surface area contributed by atoms with Crippen molar-refractivity contribution in [3.8, 4) is 0 Å². The van der Waals surface area contributed by atoms with E-state index in [4.69, 9.17) is 0 Å². The fraction of sp³-hybridized carbons (Fsp3) is 0.750. The van der Waals surface area contributed by atoms with Crippen molar-refractivity contribution in [2.24, 2.45) is 40.4 Å². The number of para-hydroxylation sites is 1. The van der Waals surface area contributed by atoms with Crippen LogP contribution in [0.3, 0.4) is 0 Å². The van der Waals surface area contributed by atoms with Gasteiger partial charge in [0.2, 0.25) is 5.91 Å². The smallest absolute Gasteiger partial charge is 0.230 e. The number of nitrogens with one attached hydrogen (secondary N) is 1. The van der Waals surface area contributed by atoms with Gasteiger partial charge in [0.05, 0.1) is 5.41 Å². The molecular formula is C28H43NO. The first kappa shape index (κ1) is 21.9. The number of anilines is 1. The van der Waals surface area contributed by atoms with Crippen molar-refractivity contribution in [2.45, 2.75) is 92.9 Å². The summed E-state index contributed by atoms with van der Waals surface area (Å²) < 4.78 is 0. The van der Waals surface area contributed by atoms with Crippen LogP contribution in [-0.2, 0) is 4.79 Å². The number of aryl methyl sites for hydroxylation is 2. The highest BCUT2D eigenvalue weighted by molar-refractivity contribution is 5.96. The van der Waals surface area contributed by atoms with Crippen LogP contribution in [0.1, 0.15) is 90.2 Å². The van der Waals surface area contributed by atoms with Crippen molar-refractivity contribution in [1.29, 1.82) is 0 Å². The fourth-order valence-corrected chi connectivity index (χ4v) is 8.02. The fourth-order valence-electron chi connectivity index (χ4n) is 8.02. The topological polar surface area (TPSA) is 29.1 Å². The lowest BCUT2D eigenvalue weighted by Crippen LogP contribution is -2.57. The number of rotatable bonds is 3. The molecule has 1 N–H and O–H groups in total. The van der Waals surface area contributed by atoms with Gasteiger partial charge in [-0.1, -0.05) is 52.3 Å². The predicted molar refractivity (Wildman–Crippen MR) is 126 cm³/mol. The first-order chi connectivity index (χ1) is 14.2. The van der Waals surface area contributed by atoms with Crippen LogP contribution in [0.15, 0.2) is 18.2 Å². The van der Waals surface area contributed by atoms with Crippen LogP contribution in [0.2, 0.25) is 0 Å². The molecule has 4 rings (SSSR count). The average Bonchev–Trinajstić information content (AvgIpc) is 2.70. The summed E-state index contributed by atoms with van der Waals surface area (Å²) in [6.07, 6.45) is 10.3. The summed E-state index contributed by atoms with van der Waals surface area (Å²) in [4.78, 5) is 13.8. The number of carbonyl (C=O) groups is 1. The summed E-state index contributed by atoms with van der Waals surface area (Å²) in [5.74, 6) is 4.21. The molecule has 1 amide bonds. The molecule has 1 aromatic rings. The minimum absolute atomic E-state index is 0.248. The van der Waals surface area contributed by atoms with Crippen molar-refractivity contribution in [1.82, 2.24) is 0 Å². The highest BCUT2D eigenvalue weighted by Crippen LogP contribution is 2.64. The molecule has 6 atom stereocenters. The Balaban J connectivity index is 1.58. The Hall–Kier alpha value is -1.31. The molecular weight excluding hydrogens is 366 g/mol. The molecule has 3 fully saturated rings. The van der Waals surface area contributed by atoms with Gasteiger partial charge >= 0.3 is 0 Å². The summed E-state index contributed by atoms with van der Waals surface area (Å²) in [6, 6.07) is 6.29. The molecule has 1 aromatic carbocycles. The van der Waals surface area contributed by atoms with Gasteiger partial charge in [-0.2, -0.15) is 0 Å². The van der Waals surface area contributed by atoms with E-state index in [1.54, 1.807) is 0 Å². The second kappa shape index (κ2) is 7.99. The largest absolute Gasteiger partial charge is 0.325 e. The molecule has 2 heteroatoms. The van der Waals surface area contributed by atoms with E-state index in [0.29, 0.717) is 11.3 Å². The number of fused-ring (bicyclic) bond motifs is 3. The summed E-state index contributed by atoms with van der Waals surface area (Å²) >= 11 is 0. The lowest BCUT2D eigenvalue weighted by atomic mass is 9.43. The van der Waals surface area contributed by atoms with E-state index in [1.807, 2.05) is 0 Å². The molecule has 166 valence electrons. The van der Waals surface area contributed by atoms with E-state index in [9.17, 15) is 4.79 Å². The minimum atomic E-state index is -0.248. The zero-order valence-corrected chi connectivity index (χ0v) is 20.2. The third-order valence-corrected chi connectivity index (χ3v) is 9.85. The quantitative estimate of drug-likeness (QED) is 0.549. The molecule has 0 saturated heterocycles. The van der Waals surface area contributed by atoms with Gasteiger partial charge in [-0.05, 0) is 105 Å². The molecule has 2 unspecified atom stereocenters. The summed E-state index contributed by atoms with van der Waals surface area (Å²) in [7, 11) is 0. The Bertz CT molecular complexity index is 778. The monoisotopic (exact) mass is 409 g/mol. The number of carbonyl (C=O) groups excluding carboxylic acids is 1. The first-order valence-corrected chi connectivity index (χ1v) is 12.5. The summed E-state index contributed by atoms with van der Waals surface area (Å²) in [6.45, 7) is 13.9. The maximum Gasteiger partial charge on any atom is 0.230 e. The van der Waals surface area contributed by atoms with Crippen molar-refractivity contribution >= 4 is 11.6 Å². The van der Waals surface area contributed by atoms with Gasteiger partial charge in [-0.3, -0.25) is 4.79 Å². The number of hydrogen-bond acceptors (Lipinski definition) is 1. The minimum Gasteiger partial charge on any atom is -0.325 e. The molecule has 3 saturated carbocycles. The van der Waals surface area contributed by atoms with Gasteiger partial charge in [-0.15, -0.1) is 0 Å². The normalized spacial score (nSPS) is 38.6.